The van der Waals surface area contributed by atoms with E-state index in [4.69, 9.17) is 16.3 Å². The first-order valence-corrected chi connectivity index (χ1v) is 12.8. The van der Waals surface area contributed by atoms with Crippen molar-refractivity contribution in [1.29, 1.82) is 0 Å². The molecule has 7 rings (SSSR count). The van der Waals surface area contributed by atoms with Crippen molar-refractivity contribution >= 4 is 41.2 Å². The highest BCUT2D eigenvalue weighted by molar-refractivity contribution is 6.30. The quantitative estimate of drug-likeness (QED) is 0.290. The predicted molar refractivity (Wildman–Crippen MR) is 138 cm³/mol. The Morgan fingerprint density at radius 2 is 1.23 bits per heavy atom. The number of nitrogens with one attached hydrogen (secondary N) is 2. The van der Waals surface area contributed by atoms with Gasteiger partial charge in [0, 0.05) is 22.4 Å². The maximum atomic E-state index is 13.5. The van der Waals surface area contributed by atoms with Crippen LogP contribution in [0.4, 0.5) is 0 Å². The summed E-state index contributed by atoms with van der Waals surface area (Å²) in [5.74, 6) is -4.88. The lowest BCUT2D eigenvalue weighted by Gasteiger charge is -2.45. The number of halogens is 1. The van der Waals surface area contributed by atoms with Gasteiger partial charge >= 0.3 is 5.97 Å². The van der Waals surface area contributed by atoms with Crippen LogP contribution in [0.5, 0.6) is 0 Å². The van der Waals surface area contributed by atoms with E-state index in [1.165, 1.54) is 24.3 Å². The average molecular weight is 544 g/mol. The van der Waals surface area contributed by atoms with Crippen LogP contribution in [0.25, 0.3) is 0 Å². The van der Waals surface area contributed by atoms with Crippen molar-refractivity contribution in [3.63, 3.8) is 0 Å². The molecule has 0 spiro atoms. The molecule has 0 saturated carbocycles. The van der Waals surface area contributed by atoms with Crippen molar-refractivity contribution in [2.24, 2.45) is 11.8 Å². The predicted octanol–water partition coefficient (Wildman–Crippen LogP) is 2.54. The van der Waals surface area contributed by atoms with Gasteiger partial charge in [0.25, 0.3) is 11.8 Å². The molecule has 0 aromatic heterocycles. The Hall–Kier alpha value is -4.50. The standard InChI is InChI=1S/C29H22ClN3O6/c30-16-11-9-15(10-12-16)27(36)32-31-21(34)14-39-22(35)13-33-28(37)25-23-17-5-1-2-6-18(17)24(26(25)29(33)38)20-8-4-3-7-19(20)23/h1-12,23-26H,13-14H2,(H,31,34)(H,32,36)/t23?,24?,25-,26-/m1/s1. The Morgan fingerprint density at radius 3 is 1.72 bits per heavy atom. The van der Waals surface area contributed by atoms with Crippen LogP contribution in [0.15, 0.2) is 72.8 Å². The van der Waals surface area contributed by atoms with Gasteiger partial charge in [0.05, 0.1) is 11.8 Å². The fraction of sp³-hybridized carbons (Fsp3) is 0.207. The van der Waals surface area contributed by atoms with Crippen LogP contribution in [0.2, 0.25) is 5.02 Å². The largest absolute Gasteiger partial charge is 0.454 e. The van der Waals surface area contributed by atoms with Crippen LogP contribution in [0, 0.1) is 11.8 Å². The third-order valence-corrected chi connectivity index (χ3v) is 7.87. The summed E-state index contributed by atoms with van der Waals surface area (Å²) >= 11 is 5.79. The average Bonchev–Trinajstić information content (AvgIpc) is 3.20. The molecule has 2 atom stereocenters. The van der Waals surface area contributed by atoms with E-state index in [-0.39, 0.29) is 17.4 Å². The Labute approximate surface area is 228 Å². The summed E-state index contributed by atoms with van der Waals surface area (Å²) in [5.41, 5.74) is 8.75. The number of carbonyl (C=O) groups excluding carboxylic acids is 5. The molecule has 3 aromatic rings. The van der Waals surface area contributed by atoms with Crippen molar-refractivity contribution in [3.8, 4) is 0 Å². The highest BCUT2D eigenvalue weighted by Gasteiger charge is 2.61. The van der Waals surface area contributed by atoms with Crippen molar-refractivity contribution in [2.75, 3.05) is 13.2 Å². The fourth-order valence-electron chi connectivity index (χ4n) is 6.05. The van der Waals surface area contributed by atoms with Gasteiger partial charge in [-0.2, -0.15) is 0 Å². The molecule has 2 bridgehead atoms. The fourth-order valence-corrected chi connectivity index (χ4v) is 6.18. The van der Waals surface area contributed by atoms with Crippen molar-refractivity contribution in [1.82, 2.24) is 15.8 Å². The number of hydrogen-bond acceptors (Lipinski definition) is 6. The van der Waals surface area contributed by atoms with E-state index in [0.717, 1.165) is 27.2 Å². The molecule has 3 aromatic carbocycles. The molecule has 196 valence electrons. The van der Waals surface area contributed by atoms with Crippen molar-refractivity contribution in [2.45, 2.75) is 11.8 Å². The number of benzene rings is 3. The minimum atomic E-state index is -0.906. The summed E-state index contributed by atoms with van der Waals surface area (Å²) in [6.07, 6.45) is 0. The van der Waals surface area contributed by atoms with Gasteiger partial charge in [0.15, 0.2) is 6.61 Å². The Morgan fingerprint density at radius 1 is 0.744 bits per heavy atom. The number of hydrogen-bond donors (Lipinski definition) is 2. The third kappa shape index (κ3) is 4.15. The first-order valence-electron chi connectivity index (χ1n) is 12.4. The maximum Gasteiger partial charge on any atom is 0.326 e. The topological polar surface area (TPSA) is 122 Å². The Balaban J connectivity index is 1.10. The second kappa shape index (κ2) is 9.67. The lowest BCUT2D eigenvalue weighted by molar-refractivity contribution is -0.155. The zero-order valence-corrected chi connectivity index (χ0v) is 21.2. The van der Waals surface area contributed by atoms with Crippen LogP contribution in [-0.2, 0) is 23.9 Å². The van der Waals surface area contributed by atoms with Crippen LogP contribution >= 0.6 is 11.6 Å². The monoisotopic (exact) mass is 543 g/mol. The van der Waals surface area contributed by atoms with E-state index in [9.17, 15) is 24.0 Å². The van der Waals surface area contributed by atoms with Crippen molar-refractivity contribution in [3.05, 3.63) is 106 Å². The highest BCUT2D eigenvalue weighted by atomic mass is 35.5. The number of hydrazine groups is 1. The summed E-state index contributed by atoms with van der Waals surface area (Å²) in [4.78, 5) is 64.7. The van der Waals surface area contributed by atoms with Crippen LogP contribution in [0.1, 0.15) is 44.4 Å². The van der Waals surface area contributed by atoms with Crippen LogP contribution in [0.3, 0.4) is 0 Å². The molecule has 4 amide bonds. The summed E-state index contributed by atoms with van der Waals surface area (Å²) in [6, 6.07) is 21.7. The number of nitrogens with zero attached hydrogens (tertiary/aromatic N) is 1. The number of likely N-dealkylation sites (tertiary alicyclic amines) is 1. The SMILES string of the molecule is O=C(COC(=O)CN1C(=O)[C@@H]2C3c4ccccc4C(c4ccccc43)[C@H]2C1=O)NNC(=O)c1ccc(Cl)cc1. The van der Waals surface area contributed by atoms with Gasteiger partial charge in [-0.15, -0.1) is 0 Å². The van der Waals surface area contributed by atoms with Gasteiger partial charge < -0.3 is 4.74 Å². The molecular formula is C29H22ClN3O6. The lowest BCUT2D eigenvalue weighted by atomic mass is 9.55. The minimum absolute atomic E-state index is 0.266. The maximum absolute atomic E-state index is 13.5. The summed E-state index contributed by atoms with van der Waals surface area (Å²) < 4.78 is 5.00. The molecule has 9 nitrogen and oxygen atoms in total. The number of amides is 4. The van der Waals surface area contributed by atoms with E-state index < -0.39 is 54.6 Å². The van der Waals surface area contributed by atoms with Gasteiger partial charge in [0.1, 0.15) is 6.54 Å². The molecule has 1 heterocycles. The second-order valence-corrected chi connectivity index (χ2v) is 10.1. The number of esters is 1. The first kappa shape index (κ1) is 24.8. The molecule has 4 aliphatic rings. The number of imide groups is 1. The van der Waals surface area contributed by atoms with Gasteiger partial charge in [-0.05, 0) is 46.5 Å². The molecule has 0 unspecified atom stereocenters. The van der Waals surface area contributed by atoms with E-state index >= 15 is 0 Å². The number of rotatable bonds is 5. The smallest absolute Gasteiger partial charge is 0.326 e. The lowest BCUT2D eigenvalue weighted by Crippen LogP contribution is -2.44. The normalized spacial score (nSPS) is 22.0. The Bertz CT molecular complexity index is 1420. The molecule has 3 aliphatic carbocycles. The van der Waals surface area contributed by atoms with Crippen molar-refractivity contribution < 1.29 is 28.7 Å². The number of carbonyl (C=O) groups is 5. The third-order valence-electron chi connectivity index (χ3n) is 7.61. The van der Waals surface area contributed by atoms with E-state index in [1.54, 1.807) is 0 Å². The van der Waals surface area contributed by atoms with Gasteiger partial charge in [-0.25, -0.2) is 0 Å². The van der Waals surface area contributed by atoms with Gasteiger partial charge in [-0.3, -0.25) is 39.7 Å². The van der Waals surface area contributed by atoms with Crippen LogP contribution < -0.4 is 10.9 Å². The zero-order chi connectivity index (χ0) is 27.3. The highest BCUT2D eigenvalue weighted by Crippen LogP contribution is 2.60. The van der Waals surface area contributed by atoms with Gasteiger partial charge in [-0.1, -0.05) is 60.1 Å². The molecule has 10 heteroatoms. The molecule has 1 fully saturated rings. The molecular weight excluding hydrogens is 522 g/mol. The second-order valence-electron chi connectivity index (χ2n) is 9.70. The molecule has 1 saturated heterocycles. The summed E-state index contributed by atoms with van der Waals surface area (Å²) in [5, 5.41) is 0.457. The molecule has 39 heavy (non-hydrogen) atoms. The van der Waals surface area contributed by atoms with E-state index in [0.29, 0.717) is 5.02 Å². The first-order chi connectivity index (χ1) is 18.8. The summed E-state index contributed by atoms with van der Waals surface area (Å²) in [7, 11) is 0. The van der Waals surface area contributed by atoms with E-state index in [2.05, 4.69) is 10.9 Å². The molecule has 0 radical (unpaired) electrons. The van der Waals surface area contributed by atoms with E-state index in [1.807, 2.05) is 48.5 Å². The molecule has 1 aliphatic heterocycles. The van der Waals surface area contributed by atoms with Crippen LogP contribution in [-0.4, -0.2) is 47.6 Å². The Kier molecular flexibility index (Phi) is 6.15. The molecule has 2 N–H and O–H groups in total. The zero-order valence-electron chi connectivity index (χ0n) is 20.4. The number of ether oxygens (including phenoxy) is 1. The minimum Gasteiger partial charge on any atom is -0.454 e. The summed E-state index contributed by atoms with van der Waals surface area (Å²) in [6.45, 7) is -1.30. The van der Waals surface area contributed by atoms with Gasteiger partial charge in [0.2, 0.25) is 11.8 Å².